The molecule has 0 fully saturated rings. The average molecular weight is 508 g/mol. The third-order valence-electron chi connectivity index (χ3n) is 4.42. The Hall–Kier alpha value is -3.33. The summed E-state index contributed by atoms with van der Waals surface area (Å²) in [6.07, 6.45) is -12.4. The molecule has 0 unspecified atom stereocenters. The minimum absolute atomic E-state index is 0.0503. The van der Waals surface area contributed by atoms with E-state index in [-0.39, 0.29) is 11.1 Å². The van der Waals surface area contributed by atoms with Gasteiger partial charge in [0.15, 0.2) is 11.5 Å². The zero-order chi connectivity index (χ0) is 26.2. The van der Waals surface area contributed by atoms with Crippen molar-refractivity contribution in [3.8, 4) is 0 Å². The molecule has 1 heterocycles. The van der Waals surface area contributed by atoms with E-state index in [9.17, 15) is 53.5 Å². The van der Waals surface area contributed by atoms with Gasteiger partial charge in [-0.3, -0.25) is 14.3 Å². The number of rotatable bonds is 6. The summed E-state index contributed by atoms with van der Waals surface area (Å²) in [5.74, 6) is -11.4. The second-order valence-corrected chi connectivity index (χ2v) is 6.74. The SMILES string of the molecule is CCC(=O)NCc1c(F)ccc(NC(=O)c2c(C(F)(F)F)c(C(F)(F)C(F)(F)F)nn2C)c1F. The second kappa shape index (κ2) is 9.13. The molecule has 0 saturated carbocycles. The van der Waals surface area contributed by atoms with Crippen molar-refractivity contribution in [2.24, 2.45) is 7.05 Å². The fourth-order valence-electron chi connectivity index (χ4n) is 2.76. The van der Waals surface area contributed by atoms with Crippen molar-refractivity contribution in [1.29, 1.82) is 0 Å². The fraction of sp³-hybridized carbons (Fsp3) is 0.389. The van der Waals surface area contributed by atoms with Gasteiger partial charge in [-0.15, -0.1) is 0 Å². The van der Waals surface area contributed by atoms with Crippen molar-refractivity contribution < 1.29 is 53.5 Å². The molecule has 2 N–H and O–H groups in total. The van der Waals surface area contributed by atoms with Gasteiger partial charge in [-0.2, -0.15) is 40.2 Å². The highest BCUT2D eigenvalue weighted by Gasteiger charge is 2.64. The highest BCUT2D eigenvalue weighted by Crippen LogP contribution is 2.48. The lowest BCUT2D eigenvalue weighted by molar-refractivity contribution is -0.292. The molecule has 16 heteroatoms. The Morgan fingerprint density at radius 2 is 1.62 bits per heavy atom. The molecule has 0 spiro atoms. The number of benzene rings is 1. The fourth-order valence-corrected chi connectivity index (χ4v) is 2.76. The number of carbonyl (C=O) groups is 2. The van der Waals surface area contributed by atoms with E-state index in [0.29, 0.717) is 19.2 Å². The maximum Gasteiger partial charge on any atom is 0.459 e. The molecule has 2 rings (SSSR count). The molecule has 0 bridgehead atoms. The quantitative estimate of drug-likeness (QED) is 0.558. The molecule has 1 aromatic heterocycles. The molecule has 2 amide bonds. The van der Waals surface area contributed by atoms with Crippen LogP contribution in [-0.2, 0) is 30.5 Å². The number of amides is 2. The first kappa shape index (κ1) is 26.9. The number of alkyl halides is 8. The molecular weight excluding hydrogens is 494 g/mol. The number of hydrogen-bond acceptors (Lipinski definition) is 3. The Morgan fingerprint density at radius 3 is 2.12 bits per heavy atom. The van der Waals surface area contributed by atoms with Gasteiger partial charge in [0.25, 0.3) is 5.91 Å². The number of carbonyl (C=O) groups excluding carboxylic acids is 2. The van der Waals surface area contributed by atoms with Crippen molar-refractivity contribution in [3.63, 3.8) is 0 Å². The first-order valence-corrected chi connectivity index (χ1v) is 9.07. The van der Waals surface area contributed by atoms with Crippen molar-refractivity contribution in [2.75, 3.05) is 5.32 Å². The number of anilines is 1. The standard InChI is InChI=1S/C18H14F10N4O2/c1-3-10(33)29-6-7-8(19)4-5-9(12(7)20)30-15(34)13-11(17(23,24)25)14(31-32(13)2)16(21,22)18(26,27)28/h4-5H,3,6H2,1-2H3,(H,29,33)(H,30,34). The summed E-state index contributed by atoms with van der Waals surface area (Å²) in [5, 5.41) is 6.26. The van der Waals surface area contributed by atoms with Crippen LogP contribution in [0.5, 0.6) is 0 Å². The number of nitrogens with one attached hydrogen (secondary N) is 2. The van der Waals surface area contributed by atoms with Crippen LogP contribution in [0.1, 0.15) is 40.7 Å². The van der Waals surface area contributed by atoms with Crippen LogP contribution in [0.15, 0.2) is 12.1 Å². The predicted molar refractivity (Wildman–Crippen MR) is 94.6 cm³/mol. The molecular formula is C18H14F10N4O2. The summed E-state index contributed by atoms with van der Waals surface area (Å²) in [5.41, 5.74) is -8.98. The van der Waals surface area contributed by atoms with Gasteiger partial charge in [-0.25, -0.2) is 8.78 Å². The first-order chi connectivity index (χ1) is 15.4. The van der Waals surface area contributed by atoms with E-state index >= 15 is 0 Å². The van der Waals surface area contributed by atoms with Crippen LogP contribution in [0, 0.1) is 11.6 Å². The molecule has 0 saturated heterocycles. The number of halogens is 10. The molecule has 1 aromatic carbocycles. The van der Waals surface area contributed by atoms with Crippen LogP contribution in [0.3, 0.4) is 0 Å². The van der Waals surface area contributed by atoms with Crippen LogP contribution in [0.4, 0.5) is 49.6 Å². The van der Waals surface area contributed by atoms with Gasteiger partial charge in [-0.05, 0) is 12.1 Å². The zero-order valence-corrected chi connectivity index (χ0v) is 17.1. The van der Waals surface area contributed by atoms with E-state index in [1.54, 1.807) is 5.32 Å². The molecule has 0 aliphatic rings. The lowest BCUT2D eigenvalue weighted by atomic mass is 10.1. The topological polar surface area (TPSA) is 76.0 Å². The Labute approximate surface area is 183 Å². The molecule has 0 radical (unpaired) electrons. The predicted octanol–water partition coefficient (Wildman–Crippen LogP) is 4.65. The lowest BCUT2D eigenvalue weighted by Gasteiger charge is -2.19. The summed E-state index contributed by atoms with van der Waals surface area (Å²) in [6.45, 7) is 0.719. The van der Waals surface area contributed by atoms with Crippen LogP contribution in [-0.4, -0.2) is 27.8 Å². The molecule has 0 atom stereocenters. The summed E-state index contributed by atoms with van der Waals surface area (Å²) < 4.78 is 134. The van der Waals surface area contributed by atoms with Crippen LogP contribution in [0.2, 0.25) is 0 Å². The lowest BCUT2D eigenvalue weighted by Crippen LogP contribution is -2.36. The van der Waals surface area contributed by atoms with Gasteiger partial charge in [0.05, 0.1) is 5.69 Å². The minimum atomic E-state index is -6.48. The van der Waals surface area contributed by atoms with Gasteiger partial charge in [0, 0.05) is 25.6 Å². The Morgan fingerprint density at radius 1 is 1.03 bits per heavy atom. The van der Waals surface area contributed by atoms with E-state index < -0.39 is 76.5 Å². The van der Waals surface area contributed by atoms with Crippen molar-refractivity contribution in [2.45, 2.75) is 38.2 Å². The molecule has 34 heavy (non-hydrogen) atoms. The highest BCUT2D eigenvalue weighted by molar-refractivity contribution is 6.04. The number of hydrogen-bond donors (Lipinski definition) is 2. The average Bonchev–Trinajstić information content (AvgIpc) is 3.07. The maximum atomic E-state index is 14.6. The van der Waals surface area contributed by atoms with Crippen LogP contribution >= 0.6 is 0 Å². The van der Waals surface area contributed by atoms with E-state index in [2.05, 4.69) is 10.4 Å². The number of aromatic nitrogens is 2. The third-order valence-corrected chi connectivity index (χ3v) is 4.42. The summed E-state index contributed by atoms with van der Waals surface area (Å²) in [7, 11) is 0.493. The Kier molecular flexibility index (Phi) is 7.23. The molecule has 188 valence electrons. The van der Waals surface area contributed by atoms with Crippen molar-refractivity contribution in [1.82, 2.24) is 15.1 Å². The van der Waals surface area contributed by atoms with Gasteiger partial charge >= 0.3 is 18.3 Å². The normalized spacial score (nSPS) is 12.6. The molecule has 6 nitrogen and oxygen atoms in total. The van der Waals surface area contributed by atoms with Crippen molar-refractivity contribution in [3.05, 3.63) is 46.3 Å². The van der Waals surface area contributed by atoms with E-state index in [1.807, 2.05) is 0 Å². The molecule has 2 aromatic rings. The van der Waals surface area contributed by atoms with Crippen molar-refractivity contribution >= 4 is 17.5 Å². The summed E-state index contributed by atoms with van der Waals surface area (Å²) in [4.78, 5) is 23.7. The van der Waals surface area contributed by atoms with Crippen LogP contribution < -0.4 is 10.6 Å². The second-order valence-electron chi connectivity index (χ2n) is 6.74. The maximum absolute atomic E-state index is 14.6. The highest BCUT2D eigenvalue weighted by atomic mass is 19.4. The molecule has 0 aliphatic heterocycles. The van der Waals surface area contributed by atoms with E-state index in [0.717, 1.165) is 0 Å². The van der Waals surface area contributed by atoms with Gasteiger partial charge < -0.3 is 10.6 Å². The van der Waals surface area contributed by atoms with Crippen LogP contribution in [0.25, 0.3) is 0 Å². The van der Waals surface area contributed by atoms with E-state index in [4.69, 9.17) is 0 Å². The summed E-state index contributed by atoms with van der Waals surface area (Å²) >= 11 is 0. The number of nitrogens with zero attached hydrogens (tertiary/aromatic N) is 2. The Balaban J connectivity index is 2.55. The van der Waals surface area contributed by atoms with Gasteiger partial charge in [0.2, 0.25) is 5.91 Å². The monoisotopic (exact) mass is 508 g/mol. The van der Waals surface area contributed by atoms with Gasteiger partial charge in [-0.1, -0.05) is 6.92 Å². The zero-order valence-electron chi connectivity index (χ0n) is 17.1. The third kappa shape index (κ3) is 5.09. The number of aryl methyl sites for hydroxylation is 1. The largest absolute Gasteiger partial charge is 0.459 e. The molecule has 0 aliphatic carbocycles. The Bertz CT molecular complexity index is 1110. The first-order valence-electron chi connectivity index (χ1n) is 9.07. The smallest absolute Gasteiger partial charge is 0.352 e. The van der Waals surface area contributed by atoms with E-state index in [1.165, 1.54) is 6.92 Å². The minimum Gasteiger partial charge on any atom is -0.352 e. The summed E-state index contributed by atoms with van der Waals surface area (Å²) in [6, 6.07) is 1.16. The van der Waals surface area contributed by atoms with Gasteiger partial charge in [0.1, 0.15) is 17.1 Å².